The van der Waals surface area contributed by atoms with Crippen molar-refractivity contribution < 1.29 is 4.79 Å². The Kier molecular flexibility index (Phi) is 4.57. The molecule has 1 amide bonds. The summed E-state index contributed by atoms with van der Waals surface area (Å²) < 4.78 is 0. The quantitative estimate of drug-likeness (QED) is 0.725. The van der Waals surface area contributed by atoms with Crippen LogP contribution in [0.2, 0.25) is 0 Å². The lowest BCUT2D eigenvalue weighted by Crippen LogP contribution is -2.35. The van der Waals surface area contributed by atoms with E-state index in [1.807, 2.05) is 35.2 Å². The lowest BCUT2D eigenvalue weighted by molar-refractivity contribution is -0.127. The molecule has 0 radical (unpaired) electrons. The maximum absolute atomic E-state index is 12.5. The molecule has 0 bridgehead atoms. The minimum atomic E-state index is 0.161. The molecular weight excluding hydrogens is 330 g/mol. The van der Waals surface area contributed by atoms with Crippen molar-refractivity contribution in [1.29, 1.82) is 0 Å². The molecule has 1 aliphatic rings. The van der Waals surface area contributed by atoms with Crippen LogP contribution in [-0.4, -0.2) is 39.6 Å². The molecule has 4 nitrogen and oxygen atoms in total. The van der Waals surface area contributed by atoms with Gasteiger partial charge in [-0.05, 0) is 29.7 Å². The largest absolute Gasteiger partial charge is 0.338 e. The van der Waals surface area contributed by atoms with Gasteiger partial charge in [-0.15, -0.1) is 0 Å². The van der Waals surface area contributed by atoms with Crippen molar-refractivity contribution in [2.75, 3.05) is 18.8 Å². The zero-order valence-electron chi connectivity index (χ0n) is 13.8. The molecule has 4 rings (SSSR count). The molecule has 0 saturated heterocycles. The monoisotopic (exact) mass is 349 g/mol. The first-order valence-electron chi connectivity index (χ1n) is 8.39. The highest BCUT2D eigenvalue weighted by molar-refractivity contribution is 7.99. The molecule has 2 heterocycles. The second-order valence-corrected chi connectivity index (χ2v) is 7.00. The second kappa shape index (κ2) is 7.15. The molecule has 2 aromatic carbocycles. The number of aromatic amines is 1. The Morgan fingerprint density at radius 2 is 1.92 bits per heavy atom. The zero-order valence-corrected chi connectivity index (χ0v) is 14.6. The molecular formula is C20H19N3OS. The average Bonchev–Trinajstić information content (AvgIpc) is 3.10. The van der Waals surface area contributed by atoms with Crippen LogP contribution in [-0.2, 0) is 4.79 Å². The molecule has 3 aromatic rings. The van der Waals surface area contributed by atoms with Crippen molar-refractivity contribution in [3.8, 4) is 0 Å². The van der Waals surface area contributed by atoms with E-state index in [0.29, 0.717) is 12.3 Å². The highest BCUT2D eigenvalue weighted by atomic mass is 32.2. The Balaban J connectivity index is 1.35. The van der Waals surface area contributed by atoms with Crippen molar-refractivity contribution in [1.82, 2.24) is 14.9 Å². The number of aromatic nitrogens is 2. The topological polar surface area (TPSA) is 49.0 Å². The number of carbonyl (C=O) groups excluding carboxylic acids is 1. The third-order valence-corrected chi connectivity index (χ3v) is 5.26. The molecule has 0 atom stereocenters. The van der Waals surface area contributed by atoms with Crippen LogP contribution in [0.15, 0.2) is 65.8 Å². The number of rotatable bonds is 4. The lowest BCUT2D eigenvalue weighted by Gasteiger charge is -2.26. The van der Waals surface area contributed by atoms with Gasteiger partial charge in [0.25, 0.3) is 0 Å². The van der Waals surface area contributed by atoms with Crippen LogP contribution in [0.5, 0.6) is 0 Å². The van der Waals surface area contributed by atoms with E-state index in [-0.39, 0.29) is 5.91 Å². The molecule has 126 valence electrons. The Bertz CT molecular complexity index is 884. The number of H-pyrrole nitrogens is 1. The fourth-order valence-electron chi connectivity index (χ4n) is 3.03. The van der Waals surface area contributed by atoms with Crippen LogP contribution in [0.25, 0.3) is 16.6 Å². The van der Waals surface area contributed by atoms with Gasteiger partial charge in [-0.1, -0.05) is 60.3 Å². The van der Waals surface area contributed by atoms with Gasteiger partial charge >= 0.3 is 0 Å². The fraction of sp³-hybridized carbons (Fsp3) is 0.200. The fourth-order valence-corrected chi connectivity index (χ4v) is 3.82. The molecule has 1 N–H and O–H groups in total. The third kappa shape index (κ3) is 3.61. The second-order valence-electron chi connectivity index (χ2n) is 6.03. The summed E-state index contributed by atoms with van der Waals surface area (Å²) in [7, 11) is 0. The third-order valence-electron chi connectivity index (χ3n) is 4.41. The molecule has 0 unspecified atom stereocenters. The molecule has 25 heavy (non-hydrogen) atoms. The van der Waals surface area contributed by atoms with E-state index in [1.165, 1.54) is 22.9 Å². The van der Waals surface area contributed by atoms with Crippen LogP contribution < -0.4 is 0 Å². The SMILES string of the molecule is O=C(CSc1nc2ccccc2[nH]1)N1CC=C(c2ccccc2)CC1. The summed E-state index contributed by atoms with van der Waals surface area (Å²) in [6, 6.07) is 18.3. The van der Waals surface area contributed by atoms with Crippen LogP contribution >= 0.6 is 11.8 Å². The van der Waals surface area contributed by atoms with Crippen molar-refractivity contribution in [2.24, 2.45) is 0 Å². The van der Waals surface area contributed by atoms with E-state index in [4.69, 9.17) is 0 Å². The number of para-hydroxylation sites is 2. The predicted molar refractivity (Wildman–Crippen MR) is 102 cm³/mol. The number of carbonyl (C=O) groups is 1. The highest BCUT2D eigenvalue weighted by Crippen LogP contribution is 2.23. The van der Waals surface area contributed by atoms with Crippen LogP contribution in [0.3, 0.4) is 0 Å². The van der Waals surface area contributed by atoms with E-state index >= 15 is 0 Å². The van der Waals surface area contributed by atoms with Gasteiger partial charge in [0.15, 0.2) is 5.16 Å². The van der Waals surface area contributed by atoms with E-state index in [1.54, 1.807) is 0 Å². The first kappa shape index (κ1) is 16.0. The number of amides is 1. The van der Waals surface area contributed by atoms with Gasteiger partial charge in [0, 0.05) is 13.1 Å². The summed E-state index contributed by atoms with van der Waals surface area (Å²) in [4.78, 5) is 22.1. The van der Waals surface area contributed by atoms with Gasteiger partial charge < -0.3 is 9.88 Å². The van der Waals surface area contributed by atoms with Crippen LogP contribution in [0.1, 0.15) is 12.0 Å². The Morgan fingerprint density at radius 1 is 1.12 bits per heavy atom. The van der Waals surface area contributed by atoms with Gasteiger partial charge in [0.2, 0.25) is 5.91 Å². The Hall–Kier alpha value is -2.53. The van der Waals surface area contributed by atoms with Crippen molar-refractivity contribution in [3.05, 3.63) is 66.2 Å². The molecule has 1 aromatic heterocycles. The summed E-state index contributed by atoms with van der Waals surface area (Å²) >= 11 is 1.47. The smallest absolute Gasteiger partial charge is 0.233 e. The van der Waals surface area contributed by atoms with E-state index in [0.717, 1.165) is 29.2 Å². The van der Waals surface area contributed by atoms with Crippen molar-refractivity contribution in [2.45, 2.75) is 11.6 Å². The first-order chi connectivity index (χ1) is 12.3. The minimum absolute atomic E-state index is 0.161. The number of hydrogen-bond acceptors (Lipinski definition) is 3. The number of fused-ring (bicyclic) bond motifs is 1. The number of imidazole rings is 1. The molecule has 0 aliphatic carbocycles. The van der Waals surface area contributed by atoms with Gasteiger partial charge in [-0.3, -0.25) is 4.79 Å². The number of hydrogen-bond donors (Lipinski definition) is 1. The lowest BCUT2D eigenvalue weighted by atomic mass is 10.00. The molecule has 1 aliphatic heterocycles. The molecule has 0 saturated carbocycles. The first-order valence-corrected chi connectivity index (χ1v) is 9.38. The van der Waals surface area contributed by atoms with Crippen molar-refractivity contribution in [3.63, 3.8) is 0 Å². The minimum Gasteiger partial charge on any atom is -0.338 e. The number of nitrogens with zero attached hydrogens (tertiary/aromatic N) is 2. The van der Waals surface area contributed by atoms with Gasteiger partial charge in [0.1, 0.15) is 0 Å². The number of thioether (sulfide) groups is 1. The summed E-state index contributed by atoms with van der Waals surface area (Å²) in [6.45, 7) is 1.46. The van der Waals surface area contributed by atoms with Gasteiger partial charge in [-0.25, -0.2) is 4.98 Å². The Morgan fingerprint density at radius 3 is 2.68 bits per heavy atom. The summed E-state index contributed by atoms with van der Waals surface area (Å²) in [5, 5.41) is 0.798. The maximum Gasteiger partial charge on any atom is 0.233 e. The molecule has 0 fully saturated rings. The standard InChI is InChI=1S/C20H19N3OS/c24-19(14-25-20-21-17-8-4-5-9-18(17)22-20)23-12-10-16(11-13-23)15-6-2-1-3-7-15/h1-10H,11-14H2,(H,21,22). The van der Waals surface area contributed by atoms with E-state index in [9.17, 15) is 4.79 Å². The molecule has 0 spiro atoms. The van der Waals surface area contributed by atoms with Crippen molar-refractivity contribution >= 4 is 34.3 Å². The average molecular weight is 349 g/mol. The predicted octanol–water partition coefficient (Wildman–Crippen LogP) is 3.97. The van der Waals surface area contributed by atoms with Gasteiger partial charge in [-0.2, -0.15) is 0 Å². The number of benzene rings is 2. The van der Waals surface area contributed by atoms with Crippen LogP contribution in [0, 0.1) is 0 Å². The normalized spacial score (nSPS) is 14.6. The van der Waals surface area contributed by atoms with E-state index < -0.39 is 0 Å². The maximum atomic E-state index is 12.5. The number of nitrogens with one attached hydrogen (secondary N) is 1. The summed E-state index contributed by atoms with van der Waals surface area (Å²) in [6.07, 6.45) is 3.08. The summed E-state index contributed by atoms with van der Waals surface area (Å²) in [5.41, 5.74) is 4.53. The molecule has 5 heteroatoms. The van der Waals surface area contributed by atoms with Gasteiger partial charge in [0.05, 0.1) is 16.8 Å². The Labute approximate surface area is 151 Å². The highest BCUT2D eigenvalue weighted by Gasteiger charge is 2.18. The zero-order chi connectivity index (χ0) is 17.1. The summed E-state index contributed by atoms with van der Waals surface area (Å²) in [5.74, 6) is 0.572. The van der Waals surface area contributed by atoms with E-state index in [2.05, 4.69) is 40.3 Å². The van der Waals surface area contributed by atoms with Crippen LogP contribution in [0.4, 0.5) is 0 Å².